The van der Waals surface area contributed by atoms with Gasteiger partial charge in [0.2, 0.25) is 0 Å². The lowest BCUT2D eigenvalue weighted by molar-refractivity contribution is 0.292. The van der Waals surface area contributed by atoms with Gasteiger partial charge < -0.3 is 15.7 Å². The minimum absolute atomic E-state index is 0.210. The predicted octanol–water partition coefficient (Wildman–Crippen LogP) is 3.22. The highest BCUT2D eigenvalue weighted by Gasteiger charge is 2.00. The highest BCUT2D eigenvalue weighted by molar-refractivity contribution is 5.74. The number of hydrogen-bond donors (Lipinski definition) is 3. The quantitative estimate of drug-likeness (QED) is 0.681. The molecule has 2 rings (SSSR count). The molecule has 0 aliphatic carbocycles. The van der Waals surface area contributed by atoms with Gasteiger partial charge in [-0.1, -0.05) is 30.3 Å². The van der Waals surface area contributed by atoms with E-state index < -0.39 is 0 Å². The molecule has 0 saturated heterocycles. The van der Waals surface area contributed by atoms with Crippen molar-refractivity contribution in [1.29, 1.82) is 0 Å². The molecule has 0 heterocycles. The zero-order valence-electron chi connectivity index (χ0n) is 10.3. The Balaban J connectivity index is 2.07. The predicted molar refractivity (Wildman–Crippen MR) is 76.4 cm³/mol. The average Bonchev–Trinajstić information content (AvgIpc) is 2.42. The molecule has 0 fully saturated rings. The van der Waals surface area contributed by atoms with Gasteiger partial charge in [-0.05, 0) is 30.7 Å². The van der Waals surface area contributed by atoms with Crippen molar-refractivity contribution in [2.24, 2.45) is 0 Å². The van der Waals surface area contributed by atoms with Gasteiger partial charge in [0.05, 0.1) is 11.4 Å². The third kappa shape index (κ3) is 3.50. The van der Waals surface area contributed by atoms with Crippen molar-refractivity contribution in [2.45, 2.75) is 6.42 Å². The highest BCUT2D eigenvalue weighted by atomic mass is 16.3. The summed E-state index contributed by atoms with van der Waals surface area (Å²) in [6, 6.07) is 18.1. The van der Waals surface area contributed by atoms with Crippen LogP contribution in [0.3, 0.4) is 0 Å². The van der Waals surface area contributed by atoms with Crippen LogP contribution in [0.5, 0.6) is 0 Å². The van der Waals surface area contributed by atoms with E-state index in [9.17, 15) is 0 Å². The molecular formula is C15H18N2O. The van der Waals surface area contributed by atoms with Crippen LogP contribution in [0.25, 0.3) is 0 Å². The van der Waals surface area contributed by atoms with Crippen LogP contribution in [-0.4, -0.2) is 18.3 Å². The van der Waals surface area contributed by atoms with Crippen LogP contribution in [0.4, 0.5) is 17.1 Å². The van der Waals surface area contributed by atoms with Gasteiger partial charge in [0, 0.05) is 18.8 Å². The first-order valence-electron chi connectivity index (χ1n) is 6.16. The van der Waals surface area contributed by atoms with Gasteiger partial charge in [-0.25, -0.2) is 0 Å². The summed E-state index contributed by atoms with van der Waals surface area (Å²) in [7, 11) is 0. The Kier molecular flexibility index (Phi) is 4.61. The first-order valence-corrected chi connectivity index (χ1v) is 6.16. The molecule has 0 bridgehead atoms. The third-order valence-electron chi connectivity index (χ3n) is 2.63. The second-order valence-electron chi connectivity index (χ2n) is 4.04. The Labute approximate surface area is 107 Å². The number of aliphatic hydroxyl groups excluding tert-OH is 1. The molecule has 3 nitrogen and oxygen atoms in total. The van der Waals surface area contributed by atoms with Crippen molar-refractivity contribution in [3.63, 3.8) is 0 Å². The van der Waals surface area contributed by atoms with Crippen molar-refractivity contribution in [1.82, 2.24) is 0 Å². The number of para-hydroxylation sites is 3. The van der Waals surface area contributed by atoms with Crippen LogP contribution in [-0.2, 0) is 0 Å². The fourth-order valence-electron chi connectivity index (χ4n) is 1.73. The number of hydrogen-bond acceptors (Lipinski definition) is 3. The zero-order valence-corrected chi connectivity index (χ0v) is 10.3. The summed E-state index contributed by atoms with van der Waals surface area (Å²) in [5.41, 5.74) is 3.16. The third-order valence-corrected chi connectivity index (χ3v) is 2.63. The van der Waals surface area contributed by atoms with Crippen molar-refractivity contribution in [3.8, 4) is 0 Å². The summed E-state index contributed by atoms with van der Waals surface area (Å²) >= 11 is 0. The first-order chi connectivity index (χ1) is 8.90. The van der Waals surface area contributed by atoms with Gasteiger partial charge >= 0.3 is 0 Å². The van der Waals surface area contributed by atoms with Gasteiger partial charge in [0.25, 0.3) is 0 Å². The molecule has 0 amide bonds. The van der Waals surface area contributed by atoms with Crippen LogP contribution in [0.1, 0.15) is 6.42 Å². The summed E-state index contributed by atoms with van der Waals surface area (Å²) in [4.78, 5) is 0. The molecule has 0 aliphatic rings. The Morgan fingerprint density at radius 1 is 0.833 bits per heavy atom. The SMILES string of the molecule is OCCCNc1ccccc1Nc1ccccc1. The van der Waals surface area contributed by atoms with Crippen LogP contribution in [0.15, 0.2) is 54.6 Å². The number of rotatable bonds is 6. The van der Waals surface area contributed by atoms with Crippen molar-refractivity contribution >= 4 is 17.1 Å². The minimum atomic E-state index is 0.210. The van der Waals surface area contributed by atoms with E-state index in [-0.39, 0.29) is 6.61 Å². The molecular weight excluding hydrogens is 224 g/mol. The van der Waals surface area contributed by atoms with Gasteiger partial charge in [-0.15, -0.1) is 0 Å². The van der Waals surface area contributed by atoms with E-state index in [2.05, 4.69) is 10.6 Å². The fourth-order valence-corrected chi connectivity index (χ4v) is 1.73. The molecule has 2 aromatic carbocycles. The van der Waals surface area contributed by atoms with E-state index in [1.54, 1.807) is 0 Å². The molecule has 0 radical (unpaired) electrons. The second-order valence-corrected chi connectivity index (χ2v) is 4.04. The molecule has 18 heavy (non-hydrogen) atoms. The van der Waals surface area contributed by atoms with E-state index in [1.807, 2.05) is 54.6 Å². The number of benzene rings is 2. The maximum Gasteiger partial charge on any atom is 0.0620 e. The summed E-state index contributed by atoms with van der Waals surface area (Å²) < 4.78 is 0. The Morgan fingerprint density at radius 2 is 1.50 bits per heavy atom. The van der Waals surface area contributed by atoms with Gasteiger partial charge in [0.15, 0.2) is 0 Å². The number of aliphatic hydroxyl groups is 1. The summed E-state index contributed by atoms with van der Waals surface area (Å²) in [5.74, 6) is 0. The van der Waals surface area contributed by atoms with Crippen molar-refractivity contribution in [2.75, 3.05) is 23.8 Å². The Morgan fingerprint density at radius 3 is 2.22 bits per heavy atom. The van der Waals surface area contributed by atoms with E-state index in [0.717, 1.165) is 30.0 Å². The Hall–Kier alpha value is -2.00. The Bertz CT molecular complexity index is 471. The van der Waals surface area contributed by atoms with Gasteiger partial charge in [-0.3, -0.25) is 0 Å². The smallest absolute Gasteiger partial charge is 0.0620 e. The van der Waals surface area contributed by atoms with Gasteiger partial charge in [0.1, 0.15) is 0 Å². The lowest BCUT2D eigenvalue weighted by Gasteiger charge is -2.13. The molecule has 0 spiro atoms. The number of anilines is 3. The molecule has 0 aromatic heterocycles. The molecule has 0 saturated carbocycles. The monoisotopic (exact) mass is 242 g/mol. The van der Waals surface area contributed by atoms with Crippen molar-refractivity contribution < 1.29 is 5.11 Å². The molecule has 3 N–H and O–H groups in total. The van der Waals surface area contributed by atoms with E-state index >= 15 is 0 Å². The van der Waals surface area contributed by atoms with E-state index in [0.29, 0.717) is 0 Å². The van der Waals surface area contributed by atoms with Crippen LogP contribution >= 0.6 is 0 Å². The first kappa shape index (κ1) is 12.5. The fraction of sp³-hybridized carbons (Fsp3) is 0.200. The second kappa shape index (κ2) is 6.67. The average molecular weight is 242 g/mol. The minimum Gasteiger partial charge on any atom is -0.396 e. The van der Waals surface area contributed by atoms with E-state index in [1.165, 1.54) is 0 Å². The lowest BCUT2D eigenvalue weighted by Crippen LogP contribution is -2.05. The van der Waals surface area contributed by atoms with Gasteiger partial charge in [-0.2, -0.15) is 0 Å². The zero-order chi connectivity index (χ0) is 12.6. The normalized spacial score (nSPS) is 10.1. The summed E-state index contributed by atoms with van der Waals surface area (Å²) in [6.45, 7) is 0.977. The molecule has 94 valence electrons. The largest absolute Gasteiger partial charge is 0.396 e. The highest BCUT2D eigenvalue weighted by Crippen LogP contribution is 2.24. The molecule has 0 unspecified atom stereocenters. The lowest BCUT2D eigenvalue weighted by atomic mass is 10.2. The summed E-state index contributed by atoms with van der Waals surface area (Å²) in [6.07, 6.45) is 0.750. The van der Waals surface area contributed by atoms with Crippen LogP contribution in [0.2, 0.25) is 0 Å². The standard InChI is InChI=1S/C15H18N2O/c18-12-6-11-16-14-9-4-5-10-15(14)17-13-7-2-1-3-8-13/h1-5,7-10,16-18H,6,11-12H2. The maximum absolute atomic E-state index is 8.79. The van der Waals surface area contributed by atoms with E-state index in [4.69, 9.17) is 5.11 Å². The van der Waals surface area contributed by atoms with Crippen LogP contribution < -0.4 is 10.6 Å². The van der Waals surface area contributed by atoms with Crippen molar-refractivity contribution in [3.05, 3.63) is 54.6 Å². The number of nitrogens with one attached hydrogen (secondary N) is 2. The maximum atomic E-state index is 8.79. The topological polar surface area (TPSA) is 44.3 Å². The molecule has 2 aromatic rings. The summed E-state index contributed by atoms with van der Waals surface area (Å²) in [5, 5.41) is 15.5. The molecule has 0 atom stereocenters. The molecule has 3 heteroatoms. The van der Waals surface area contributed by atoms with Crippen LogP contribution in [0, 0.1) is 0 Å². The molecule has 0 aliphatic heterocycles.